The minimum atomic E-state index is -0.0902. The number of carbonyl (C=O) groups excluding carboxylic acids is 2. The molecule has 0 aromatic heterocycles. The summed E-state index contributed by atoms with van der Waals surface area (Å²) in [5.74, 6) is -0.159. The zero-order valence-electron chi connectivity index (χ0n) is 12.1. The van der Waals surface area contributed by atoms with Gasteiger partial charge in [0.15, 0.2) is 0 Å². The molecule has 0 aliphatic carbocycles. The van der Waals surface area contributed by atoms with Gasteiger partial charge in [-0.1, -0.05) is 12.1 Å². The molecule has 5 nitrogen and oxygen atoms in total. The summed E-state index contributed by atoms with van der Waals surface area (Å²) in [5, 5.41) is 5.55. The van der Waals surface area contributed by atoms with Gasteiger partial charge in [-0.25, -0.2) is 0 Å². The number of rotatable bonds is 8. The highest BCUT2D eigenvalue weighted by Gasteiger charge is 2.04. The monoisotopic (exact) mass is 278 g/mol. The molecule has 0 aliphatic heterocycles. The van der Waals surface area contributed by atoms with Crippen molar-refractivity contribution in [2.75, 3.05) is 19.8 Å². The Kier molecular flexibility index (Phi) is 7.35. The molecule has 0 radical (unpaired) electrons. The third kappa shape index (κ3) is 6.33. The maximum atomic E-state index is 11.8. The summed E-state index contributed by atoms with van der Waals surface area (Å²) in [6.07, 6.45) is 0.806. The van der Waals surface area contributed by atoms with Crippen LogP contribution in [0.15, 0.2) is 24.3 Å². The van der Waals surface area contributed by atoms with Crippen molar-refractivity contribution in [2.45, 2.75) is 26.8 Å². The zero-order valence-corrected chi connectivity index (χ0v) is 12.1. The molecule has 1 aromatic carbocycles. The number of ether oxygens (including phenoxy) is 1. The van der Waals surface area contributed by atoms with Crippen LogP contribution in [0.1, 0.15) is 36.2 Å². The van der Waals surface area contributed by atoms with Crippen LogP contribution in [0.2, 0.25) is 0 Å². The Morgan fingerprint density at radius 2 is 1.85 bits per heavy atom. The third-order valence-electron chi connectivity index (χ3n) is 2.71. The lowest BCUT2D eigenvalue weighted by atomic mass is 10.1. The standard InChI is InChI=1S/C15H22N2O3/c1-3-20-10-4-9-16-15(19)14-7-5-13(6-8-14)11-17-12(2)18/h5-8H,3-4,9-11H2,1-2H3,(H,16,19)(H,17,18). The highest BCUT2D eigenvalue weighted by atomic mass is 16.5. The molecule has 2 N–H and O–H groups in total. The fraction of sp³-hybridized carbons (Fsp3) is 0.467. The van der Waals surface area contributed by atoms with Crippen molar-refractivity contribution >= 4 is 11.8 Å². The van der Waals surface area contributed by atoms with Gasteiger partial charge in [0.25, 0.3) is 5.91 Å². The molecule has 0 atom stereocenters. The SMILES string of the molecule is CCOCCCNC(=O)c1ccc(CNC(C)=O)cc1. The molecular weight excluding hydrogens is 256 g/mol. The lowest BCUT2D eigenvalue weighted by Crippen LogP contribution is -2.25. The van der Waals surface area contributed by atoms with E-state index in [0.717, 1.165) is 12.0 Å². The van der Waals surface area contributed by atoms with E-state index in [1.807, 2.05) is 19.1 Å². The van der Waals surface area contributed by atoms with E-state index in [4.69, 9.17) is 4.74 Å². The van der Waals surface area contributed by atoms with Crippen LogP contribution in [-0.4, -0.2) is 31.6 Å². The molecule has 0 spiro atoms. The average Bonchev–Trinajstić information content (AvgIpc) is 2.45. The Labute approximate surface area is 119 Å². The van der Waals surface area contributed by atoms with Crippen LogP contribution < -0.4 is 10.6 Å². The van der Waals surface area contributed by atoms with Crippen molar-refractivity contribution in [1.29, 1.82) is 0 Å². The first kappa shape index (κ1) is 16.2. The van der Waals surface area contributed by atoms with Gasteiger partial charge >= 0.3 is 0 Å². The number of carbonyl (C=O) groups is 2. The second-order valence-corrected chi connectivity index (χ2v) is 4.41. The van der Waals surface area contributed by atoms with Gasteiger partial charge in [0, 0.05) is 38.8 Å². The Balaban J connectivity index is 2.35. The van der Waals surface area contributed by atoms with E-state index in [9.17, 15) is 9.59 Å². The lowest BCUT2D eigenvalue weighted by molar-refractivity contribution is -0.119. The van der Waals surface area contributed by atoms with E-state index in [-0.39, 0.29) is 11.8 Å². The van der Waals surface area contributed by atoms with Crippen LogP contribution in [-0.2, 0) is 16.1 Å². The van der Waals surface area contributed by atoms with Crippen LogP contribution >= 0.6 is 0 Å². The van der Waals surface area contributed by atoms with Crippen molar-refractivity contribution in [1.82, 2.24) is 10.6 Å². The lowest BCUT2D eigenvalue weighted by Gasteiger charge is -2.07. The maximum Gasteiger partial charge on any atom is 0.251 e. The van der Waals surface area contributed by atoms with E-state index in [2.05, 4.69) is 10.6 Å². The molecule has 0 bridgehead atoms. The normalized spacial score (nSPS) is 10.1. The molecule has 0 unspecified atom stereocenters. The summed E-state index contributed by atoms with van der Waals surface area (Å²) in [4.78, 5) is 22.6. The molecule has 1 rings (SSSR count). The molecule has 0 saturated carbocycles. The van der Waals surface area contributed by atoms with Crippen molar-refractivity contribution in [3.8, 4) is 0 Å². The molecule has 20 heavy (non-hydrogen) atoms. The number of nitrogens with one attached hydrogen (secondary N) is 2. The predicted octanol–water partition coefficient (Wildman–Crippen LogP) is 1.48. The molecule has 110 valence electrons. The third-order valence-corrected chi connectivity index (χ3v) is 2.71. The van der Waals surface area contributed by atoms with Gasteiger partial charge < -0.3 is 15.4 Å². The van der Waals surface area contributed by atoms with E-state index < -0.39 is 0 Å². The van der Waals surface area contributed by atoms with Gasteiger partial charge in [0.05, 0.1) is 0 Å². The number of hydrogen-bond acceptors (Lipinski definition) is 3. The fourth-order valence-electron chi connectivity index (χ4n) is 1.62. The second kappa shape index (κ2) is 9.09. The zero-order chi connectivity index (χ0) is 14.8. The first-order valence-electron chi connectivity index (χ1n) is 6.82. The summed E-state index contributed by atoms with van der Waals surface area (Å²) in [6.45, 7) is 5.86. The summed E-state index contributed by atoms with van der Waals surface area (Å²) >= 11 is 0. The van der Waals surface area contributed by atoms with Crippen LogP contribution in [0.5, 0.6) is 0 Å². The summed E-state index contributed by atoms with van der Waals surface area (Å²) in [5.41, 5.74) is 1.58. The van der Waals surface area contributed by atoms with Crippen molar-refractivity contribution < 1.29 is 14.3 Å². The van der Waals surface area contributed by atoms with Gasteiger partial charge in [-0.15, -0.1) is 0 Å². The van der Waals surface area contributed by atoms with Crippen LogP contribution in [0.3, 0.4) is 0 Å². The van der Waals surface area contributed by atoms with Crippen LogP contribution in [0, 0.1) is 0 Å². The van der Waals surface area contributed by atoms with Gasteiger partial charge in [-0.2, -0.15) is 0 Å². The minimum absolute atomic E-state index is 0.0684. The highest BCUT2D eigenvalue weighted by molar-refractivity contribution is 5.94. The molecule has 5 heteroatoms. The van der Waals surface area contributed by atoms with Gasteiger partial charge in [0.1, 0.15) is 0 Å². The van der Waals surface area contributed by atoms with Gasteiger partial charge in [0.2, 0.25) is 5.91 Å². The molecular formula is C15H22N2O3. The van der Waals surface area contributed by atoms with Crippen LogP contribution in [0.25, 0.3) is 0 Å². The highest BCUT2D eigenvalue weighted by Crippen LogP contribution is 2.04. The van der Waals surface area contributed by atoms with E-state index in [1.54, 1.807) is 12.1 Å². The van der Waals surface area contributed by atoms with E-state index >= 15 is 0 Å². The first-order chi connectivity index (χ1) is 9.63. The van der Waals surface area contributed by atoms with Crippen molar-refractivity contribution in [2.24, 2.45) is 0 Å². The van der Waals surface area contributed by atoms with Crippen molar-refractivity contribution in [3.63, 3.8) is 0 Å². The molecule has 0 aliphatic rings. The molecule has 0 saturated heterocycles. The first-order valence-corrected chi connectivity index (χ1v) is 6.82. The Morgan fingerprint density at radius 1 is 1.15 bits per heavy atom. The number of hydrogen-bond donors (Lipinski definition) is 2. The number of amides is 2. The molecule has 1 aromatic rings. The molecule has 0 fully saturated rings. The smallest absolute Gasteiger partial charge is 0.251 e. The second-order valence-electron chi connectivity index (χ2n) is 4.41. The fourth-order valence-corrected chi connectivity index (χ4v) is 1.62. The predicted molar refractivity (Wildman–Crippen MR) is 77.4 cm³/mol. The topological polar surface area (TPSA) is 67.4 Å². The Bertz CT molecular complexity index is 429. The largest absolute Gasteiger partial charge is 0.382 e. The van der Waals surface area contributed by atoms with Gasteiger partial charge in [-0.05, 0) is 31.0 Å². The minimum Gasteiger partial charge on any atom is -0.382 e. The summed E-state index contributed by atoms with van der Waals surface area (Å²) < 4.78 is 5.20. The van der Waals surface area contributed by atoms with E-state index in [1.165, 1.54) is 6.92 Å². The summed E-state index contributed by atoms with van der Waals surface area (Å²) in [6, 6.07) is 7.19. The molecule has 2 amide bonds. The Morgan fingerprint density at radius 3 is 2.45 bits per heavy atom. The molecule has 0 heterocycles. The van der Waals surface area contributed by atoms with Gasteiger partial charge in [-0.3, -0.25) is 9.59 Å². The number of benzene rings is 1. The summed E-state index contributed by atoms with van der Waals surface area (Å²) in [7, 11) is 0. The quantitative estimate of drug-likeness (QED) is 0.708. The Hall–Kier alpha value is -1.88. The van der Waals surface area contributed by atoms with Crippen LogP contribution in [0.4, 0.5) is 0 Å². The average molecular weight is 278 g/mol. The van der Waals surface area contributed by atoms with E-state index in [0.29, 0.717) is 31.9 Å². The van der Waals surface area contributed by atoms with Crippen molar-refractivity contribution in [3.05, 3.63) is 35.4 Å². The maximum absolute atomic E-state index is 11.8.